The Morgan fingerprint density at radius 1 is 1.19 bits per heavy atom. The van der Waals surface area contributed by atoms with Crippen LogP contribution >= 0.6 is 0 Å². The normalized spacial score (nSPS) is 24.6. The lowest BCUT2D eigenvalue weighted by molar-refractivity contribution is 0.000512. The summed E-state index contributed by atoms with van der Waals surface area (Å²) in [6, 6.07) is 14.1. The Labute approximate surface area is 163 Å². The van der Waals surface area contributed by atoms with Gasteiger partial charge in [-0.25, -0.2) is 0 Å². The van der Waals surface area contributed by atoms with Crippen molar-refractivity contribution in [2.75, 3.05) is 7.05 Å². The van der Waals surface area contributed by atoms with Crippen LogP contribution in [0.25, 0.3) is 0 Å². The maximum atomic E-state index is 5.62. The zero-order valence-corrected chi connectivity index (χ0v) is 16.9. The molecule has 2 atom stereocenters. The fraction of sp³-hybridized carbons (Fsp3) is 0.609. The Morgan fingerprint density at radius 3 is 2.63 bits per heavy atom. The molecule has 1 aromatic carbocycles. The van der Waals surface area contributed by atoms with E-state index in [9.17, 15) is 0 Å². The van der Waals surface area contributed by atoms with E-state index in [0.29, 0.717) is 17.4 Å². The Morgan fingerprint density at radius 2 is 1.96 bits per heavy atom. The van der Waals surface area contributed by atoms with Crippen molar-refractivity contribution in [3.8, 4) is 0 Å². The van der Waals surface area contributed by atoms with Crippen molar-refractivity contribution in [3.63, 3.8) is 0 Å². The van der Waals surface area contributed by atoms with Gasteiger partial charge in [-0.15, -0.1) is 0 Å². The van der Waals surface area contributed by atoms with Crippen LogP contribution in [-0.2, 0) is 19.5 Å². The summed E-state index contributed by atoms with van der Waals surface area (Å²) in [4.78, 5) is 2.27. The molecule has 4 nitrogen and oxygen atoms in total. The minimum atomic E-state index is 0.346. The van der Waals surface area contributed by atoms with Crippen molar-refractivity contribution < 1.29 is 4.52 Å². The van der Waals surface area contributed by atoms with Crippen molar-refractivity contribution in [1.82, 2.24) is 15.4 Å². The maximum Gasteiger partial charge on any atom is 0.150 e. The van der Waals surface area contributed by atoms with E-state index in [1.54, 1.807) is 0 Å². The van der Waals surface area contributed by atoms with Gasteiger partial charge in [0.1, 0.15) is 0 Å². The van der Waals surface area contributed by atoms with E-state index in [1.165, 1.54) is 31.2 Å². The highest BCUT2D eigenvalue weighted by Crippen LogP contribution is 2.48. The number of hydrogen-bond acceptors (Lipinski definition) is 4. The third kappa shape index (κ3) is 4.27. The number of rotatable bonds is 8. The lowest BCUT2D eigenvalue weighted by Gasteiger charge is -2.54. The first-order valence-electron chi connectivity index (χ1n) is 10.4. The van der Waals surface area contributed by atoms with Gasteiger partial charge in [0.25, 0.3) is 0 Å². The molecule has 1 heterocycles. The van der Waals surface area contributed by atoms with Crippen LogP contribution in [0.5, 0.6) is 0 Å². The van der Waals surface area contributed by atoms with Crippen molar-refractivity contribution in [1.29, 1.82) is 0 Å². The summed E-state index contributed by atoms with van der Waals surface area (Å²) in [6.07, 6.45) is 6.41. The molecule has 146 valence electrons. The van der Waals surface area contributed by atoms with Crippen LogP contribution in [0, 0.1) is 11.3 Å². The molecule has 0 bridgehead atoms. The van der Waals surface area contributed by atoms with E-state index >= 15 is 0 Å². The summed E-state index contributed by atoms with van der Waals surface area (Å²) in [5.74, 6) is 1.65. The van der Waals surface area contributed by atoms with Crippen molar-refractivity contribution >= 4 is 0 Å². The molecule has 2 aromatic rings. The van der Waals surface area contributed by atoms with Crippen molar-refractivity contribution in [2.24, 2.45) is 11.3 Å². The van der Waals surface area contributed by atoms with Gasteiger partial charge in [0, 0.05) is 24.7 Å². The molecular weight excluding hydrogens is 334 g/mol. The zero-order chi connectivity index (χ0) is 18.9. The van der Waals surface area contributed by atoms with E-state index in [-0.39, 0.29) is 0 Å². The molecule has 0 amide bonds. The molecule has 2 fully saturated rings. The predicted molar refractivity (Wildman–Crippen MR) is 108 cm³/mol. The lowest BCUT2D eigenvalue weighted by Crippen LogP contribution is -2.60. The molecule has 0 spiro atoms. The van der Waals surface area contributed by atoms with E-state index in [0.717, 1.165) is 37.0 Å². The topological polar surface area (TPSA) is 41.3 Å². The van der Waals surface area contributed by atoms with E-state index in [1.807, 2.05) is 0 Å². The average molecular weight is 368 g/mol. The molecule has 2 saturated carbocycles. The Bertz CT molecular complexity index is 735. The van der Waals surface area contributed by atoms with Crippen LogP contribution in [0.1, 0.15) is 56.5 Å². The second kappa shape index (κ2) is 7.76. The second-order valence-electron chi connectivity index (χ2n) is 9.25. The van der Waals surface area contributed by atoms with Crippen LogP contribution in [0.3, 0.4) is 0 Å². The monoisotopic (exact) mass is 367 g/mol. The van der Waals surface area contributed by atoms with Gasteiger partial charge in [-0.2, -0.15) is 0 Å². The van der Waals surface area contributed by atoms with Crippen LogP contribution in [0.15, 0.2) is 40.9 Å². The van der Waals surface area contributed by atoms with Gasteiger partial charge in [-0.3, -0.25) is 4.90 Å². The molecule has 2 aliphatic carbocycles. The number of nitrogens with zero attached hydrogens (tertiary/aromatic N) is 2. The summed E-state index contributed by atoms with van der Waals surface area (Å²) in [6.45, 7) is 6.53. The van der Waals surface area contributed by atoms with Crippen LogP contribution in [-0.4, -0.2) is 29.2 Å². The van der Waals surface area contributed by atoms with E-state index in [4.69, 9.17) is 4.52 Å². The summed E-state index contributed by atoms with van der Waals surface area (Å²) in [5.41, 5.74) is 2.78. The molecule has 4 heteroatoms. The van der Waals surface area contributed by atoms with Gasteiger partial charge >= 0.3 is 0 Å². The molecule has 0 aliphatic heterocycles. The molecule has 2 unspecified atom stereocenters. The standard InChI is InChI=1S/C23H33N3O/c1-23(2)18(13-22(23)24-19-10-7-11-19)12-20-14-21(27-25-20)16-26(3)15-17-8-5-4-6-9-17/h4-6,8-9,14,18-19,22,24H,7,10-13,15-16H2,1-3H3. The van der Waals surface area contributed by atoms with Gasteiger partial charge in [-0.05, 0) is 49.6 Å². The Hall–Kier alpha value is -1.65. The first kappa shape index (κ1) is 18.7. The number of benzene rings is 1. The third-order valence-electron chi connectivity index (χ3n) is 6.80. The van der Waals surface area contributed by atoms with Crippen molar-refractivity contribution in [3.05, 3.63) is 53.4 Å². The molecule has 0 radical (unpaired) electrons. The molecular formula is C23H33N3O. The first-order chi connectivity index (χ1) is 13.0. The zero-order valence-electron chi connectivity index (χ0n) is 16.9. The minimum absolute atomic E-state index is 0.346. The highest BCUT2D eigenvalue weighted by atomic mass is 16.5. The highest BCUT2D eigenvalue weighted by molar-refractivity contribution is 5.15. The smallest absolute Gasteiger partial charge is 0.150 e. The third-order valence-corrected chi connectivity index (χ3v) is 6.80. The highest BCUT2D eigenvalue weighted by Gasteiger charge is 2.48. The average Bonchev–Trinajstić information content (AvgIpc) is 3.03. The van der Waals surface area contributed by atoms with E-state index in [2.05, 4.69) is 72.7 Å². The molecule has 0 saturated heterocycles. The summed E-state index contributed by atoms with van der Waals surface area (Å²) in [5, 5.41) is 8.22. The molecule has 1 aromatic heterocycles. The Balaban J connectivity index is 1.27. The predicted octanol–water partition coefficient (Wildman–Crippen LogP) is 4.41. The maximum absolute atomic E-state index is 5.62. The fourth-order valence-corrected chi connectivity index (χ4v) is 4.50. The van der Waals surface area contributed by atoms with Gasteiger partial charge in [0.15, 0.2) is 5.76 Å². The first-order valence-corrected chi connectivity index (χ1v) is 10.4. The Kier molecular flexibility index (Phi) is 5.38. The number of aromatic nitrogens is 1. The van der Waals surface area contributed by atoms with Crippen LogP contribution in [0.2, 0.25) is 0 Å². The van der Waals surface area contributed by atoms with Crippen molar-refractivity contribution in [2.45, 2.75) is 71.1 Å². The van der Waals surface area contributed by atoms with Gasteiger partial charge < -0.3 is 9.84 Å². The van der Waals surface area contributed by atoms with Crippen LogP contribution < -0.4 is 5.32 Å². The molecule has 27 heavy (non-hydrogen) atoms. The minimum Gasteiger partial charge on any atom is -0.360 e. The quantitative estimate of drug-likeness (QED) is 0.750. The van der Waals surface area contributed by atoms with Gasteiger partial charge in [0.05, 0.1) is 12.2 Å². The van der Waals surface area contributed by atoms with Crippen LogP contribution in [0.4, 0.5) is 0 Å². The summed E-state index contributed by atoms with van der Waals surface area (Å²) < 4.78 is 5.62. The fourth-order valence-electron chi connectivity index (χ4n) is 4.50. The lowest BCUT2D eigenvalue weighted by atomic mass is 9.57. The summed E-state index contributed by atoms with van der Waals surface area (Å²) >= 11 is 0. The van der Waals surface area contributed by atoms with Gasteiger partial charge in [0.2, 0.25) is 0 Å². The number of hydrogen-bond donors (Lipinski definition) is 1. The molecule has 4 rings (SSSR count). The largest absolute Gasteiger partial charge is 0.360 e. The van der Waals surface area contributed by atoms with Gasteiger partial charge in [-0.1, -0.05) is 55.8 Å². The molecule has 2 aliphatic rings. The summed E-state index contributed by atoms with van der Waals surface area (Å²) in [7, 11) is 2.13. The SMILES string of the molecule is CN(Cc1ccccc1)Cc1cc(CC2CC(NC3CCC3)C2(C)C)no1. The number of nitrogens with one attached hydrogen (secondary N) is 1. The second-order valence-corrected chi connectivity index (χ2v) is 9.25. The van der Waals surface area contributed by atoms with E-state index < -0.39 is 0 Å². The molecule has 1 N–H and O–H groups in total.